The molecular formula is C14H17N3. The van der Waals surface area contributed by atoms with Gasteiger partial charge in [0.2, 0.25) is 0 Å². The maximum absolute atomic E-state index is 4.41. The van der Waals surface area contributed by atoms with Gasteiger partial charge in [0.05, 0.1) is 0 Å². The topological polar surface area (TPSA) is 38.7 Å². The summed E-state index contributed by atoms with van der Waals surface area (Å²) in [6, 6.07) is 7.84. The fourth-order valence-electron chi connectivity index (χ4n) is 1.83. The predicted octanol–water partition coefficient (Wildman–Crippen LogP) is 2.95. The van der Waals surface area contributed by atoms with Crippen molar-refractivity contribution in [2.75, 3.05) is 0 Å². The Morgan fingerprint density at radius 3 is 2.18 bits per heavy atom. The van der Waals surface area contributed by atoms with E-state index in [0.717, 1.165) is 11.5 Å². The first-order valence-corrected chi connectivity index (χ1v) is 5.81. The number of aromatic nitrogens is 3. The van der Waals surface area contributed by atoms with Crippen molar-refractivity contribution in [3.05, 3.63) is 54.4 Å². The summed E-state index contributed by atoms with van der Waals surface area (Å²) in [4.78, 5) is 13.1. The van der Waals surface area contributed by atoms with Crippen molar-refractivity contribution in [2.24, 2.45) is 0 Å². The standard InChI is InChI=1S/C14H17N3/c1-11(12-7-4-5-8-15-12)14(2,3)13-16-9-6-10-17-13/h4-11H,1-3H3. The molecule has 1 unspecified atom stereocenters. The van der Waals surface area contributed by atoms with E-state index >= 15 is 0 Å². The van der Waals surface area contributed by atoms with Crippen LogP contribution in [0.5, 0.6) is 0 Å². The van der Waals surface area contributed by atoms with Crippen molar-refractivity contribution in [1.29, 1.82) is 0 Å². The summed E-state index contributed by atoms with van der Waals surface area (Å²) in [5.41, 5.74) is 0.945. The van der Waals surface area contributed by atoms with Crippen LogP contribution >= 0.6 is 0 Å². The van der Waals surface area contributed by atoms with Crippen molar-refractivity contribution in [2.45, 2.75) is 32.1 Å². The van der Waals surface area contributed by atoms with Crippen LogP contribution in [0.15, 0.2) is 42.9 Å². The van der Waals surface area contributed by atoms with Crippen molar-refractivity contribution in [3.63, 3.8) is 0 Å². The lowest BCUT2D eigenvalue weighted by atomic mass is 9.77. The summed E-state index contributed by atoms with van der Waals surface area (Å²) >= 11 is 0. The molecule has 0 amide bonds. The zero-order chi connectivity index (χ0) is 12.3. The second-order valence-corrected chi connectivity index (χ2v) is 4.77. The van der Waals surface area contributed by atoms with Crippen LogP contribution in [0.4, 0.5) is 0 Å². The average molecular weight is 227 g/mol. The summed E-state index contributed by atoms with van der Waals surface area (Å²) < 4.78 is 0. The molecule has 0 fully saturated rings. The Balaban J connectivity index is 2.33. The van der Waals surface area contributed by atoms with E-state index in [0.29, 0.717) is 0 Å². The van der Waals surface area contributed by atoms with Crippen LogP contribution in [0.2, 0.25) is 0 Å². The fraction of sp³-hybridized carbons (Fsp3) is 0.357. The molecule has 2 aromatic heterocycles. The number of hydrogen-bond donors (Lipinski definition) is 0. The molecule has 88 valence electrons. The van der Waals surface area contributed by atoms with Gasteiger partial charge in [-0.25, -0.2) is 9.97 Å². The van der Waals surface area contributed by atoms with Crippen molar-refractivity contribution < 1.29 is 0 Å². The van der Waals surface area contributed by atoms with E-state index in [2.05, 4.69) is 41.8 Å². The fourth-order valence-corrected chi connectivity index (χ4v) is 1.83. The first-order valence-electron chi connectivity index (χ1n) is 5.81. The molecule has 2 heterocycles. The zero-order valence-corrected chi connectivity index (χ0v) is 10.5. The molecule has 0 N–H and O–H groups in total. The van der Waals surface area contributed by atoms with Gasteiger partial charge >= 0.3 is 0 Å². The summed E-state index contributed by atoms with van der Waals surface area (Å²) in [6.45, 7) is 6.47. The van der Waals surface area contributed by atoms with Crippen LogP contribution in [-0.4, -0.2) is 15.0 Å². The van der Waals surface area contributed by atoms with Crippen LogP contribution in [0.25, 0.3) is 0 Å². The molecule has 0 aromatic carbocycles. The lowest BCUT2D eigenvalue weighted by molar-refractivity contribution is 0.404. The van der Waals surface area contributed by atoms with E-state index in [4.69, 9.17) is 0 Å². The molecule has 17 heavy (non-hydrogen) atoms. The largest absolute Gasteiger partial charge is 0.261 e. The van der Waals surface area contributed by atoms with E-state index in [1.165, 1.54) is 0 Å². The van der Waals surface area contributed by atoms with E-state index in [9.17, 15) is 0 Å². The number of nitrogens with zero attached hydrogens (tertiary/aromatic N) is 3. The highest BCUT2D eigenvalue weighted by molar-refractivity contribution is 5.19. The highest BCUT2D eigenvalue weighted by Crippen LogP contribution is 2.35. The highest BCUT2D eigenvalue weighted by Gasteiger charge is 2.32. The van der Waals surface area contributed by atoms with Gasteiger partial charge in [-0.3, -0.25) is 4.98 Å². The molecule has 0 aliphatic heterocycles. The Hall–Kier alpha value is -1.77. The zero-order valence-electron chi connectivity index (χ0n) is 10.5. The SMILES string of the molecule is CC(c1ccccn1)C(C)(C)c1ncccn1. The monoisotopic (exact) mass is 227 g/mol. The van der Waals surface area contributed by atoms with Crippen LogP contribution in [0.3, 0.4) is 0 Å². The van der Waals surface area contributed by atoms with Gasteiger partial charge in [0.15, 0.2) is 0 Å². The maximum atomic E-state index is 4.41. The van der Waals surface area contributed by atoms with E-state index < -0.39 is 0 Å². The second kappa shape index (κ2) is 4.62. The van der Waals surface area contributed by atoms with Crippen LogP contribution in [0.1, 0.15) is 38.2 Å². The third-order valence-electron chi connectivity index (χ3n) is 3.36. The summed E-state index contributed by atoms with van der Waals surface area (Å²) in [5, 5.41) is 0. The first-order chi connectivity index (χ1) is 8.12. The minimum absolute atomic E-state index is 0.129. The molecule has 3 heteroatoms. The Kier molecular flexibility index (Phi) is 3.18. The third-order valence-corrected chi connectivity index (χ3v) is 3.36. The van der Waals surface area contributed by atoms with Crippen molar-refractivity contribution >= 4 is 0 Å². The lowest BCUT2D eigenvalue weighted by Crippen LogP contribution is -2.28. The third kappa shape index (κ3) is 2.33. The minimum atomic E-state index is -0.129. The van der Waals surface area contributed by atoms with Gasteiger partial charge in [-0.05, 0) is 18.2 Å². The molecule has 2 aromatic rings. The summed E-state index contributed by atoms with van der Waals surface area (Å²) in [6.07, 6.45) is 5.40. The van der Waals surface area contributed by atoms with Crippen LogP contribution in [-0.2, 0) is 5.41 Å². The lowest BCUT2D eigenvalue weighted by Gasteiger charge is -2.29. The van der Waals surface area contributed by atoms with Crippen LogP contribution < -0.4 is 0 Å². The predicted molar refractivity (Wildman–Crippen MR) is 67.7 cm³/mol. The molecule has 0 saturated heterocycles. The normalized spacial score (nSPS) is 13.4. The molecule has 1 atom stereocenters. The van der Waals surface area contributed by atoms with E-state index in [1.807, 2.05) is 24.4 Å². The molecule has 0 aliphatic carbocycles. The Labute approximate surface area is 102 Å². The van der Waals surface area contributed by atoms with Crippen molar-refractivity contribution in [3.8, 4) is 0 Å². The first kappa shape index (κ1) is 11.7. The van der Waals surface area contributed by atoms with Crippen molar-refractivity contribution in [1.82, 2.24) is 15.0 Å². The quantitative estimate of drug-likeness (QED) is 0.809. The highest BCUT2D eigenvalue weighted by atomic mass is 14.9. The maximum Gasteiger partial charge on any atom is 0.134 e. The molecule has 0 radical (unpaired) electrons. The smallest absolute Gasteiger partial charge is 0.134 e. The summed E-state index contributed by atoms with van der Waals surface area (Å²) in [7, 11) is 0. The molecule has 3 nitrogen and oxygen atoms in total. The number of rotatable bonds is 3. The Morgan fingerprint density at radius 1 is 0.941 bits per heavy atom. The Morgan fingerprint density at radius 2 is 1.59 bits per heavy atom. The van der Waals surface area contributed by atoms with Gasteiger partial charge in [0, 0.05) is 35.6 Å². The molecule has 2 rings (SSSR count). The molecule has 0 spiro atoms. The molecule has 0 saturated carbocycles. The van der Waals surface area contributed by atoms with Gasteiger partial charge in [-0.15, -0.1) is 0 Å². The van der Waals surface area contributed by atoms with Gasteiger partial charge in [0.25, 0.3) is 0 Å². The minimum Gasteiger partial charge on any atom is -0.261 e. The average Bonchev–Trinajstić information content (AvgIpc) is 2.40. The van der Waals surface area contributed by atoms with E-state index in [-0.39, 0.29) is 11.3 Å². The molecule has 0 bridgehead atoms. The number of pyridine rings is 1. The Bertz CT molecular complexity index is 465. The summed E-state index contributed by atoms with van der Waals surface area (Å²) in [5.74, 6) is 1.13. The van der Waals surface area contributed by atoms with Crippen LogP contribution in [0, 0.1) is 0 Å². The molecular weight excluding hydrogens is 210 g/mol. The van der Waals surface area contributed by atoms with Gasteiger partial charge in [0.1, 0.15) is 5.82 Å². The van der Waals surface area contributed by atoms with E-state index in [1.54, 1.807) is 12.4 Å². The van der Waals surface area contributed by atoms with Gasteiger partial charge in [-0.1, -0.05) is 26.8 Å². The second-order valence-electron chi connectivity index (χ2n) is 4.77. The van der Waals surface area contributed by atoms with Gasteiger partial charge < -0.3 is 0 Å². The molecule has 0 aliphatic rings. The van der Waals surface area contributed by atoms with Gasteiger partial charge in [-0.2, -0.15) is 0 Å². The number of hydrogen-bond acceptors (Lipinski definition) is 3.